The van der Waals surface area contributed by atoms with Gasteiger partial charge < -0.3 is 9.84 Å². The van der Waals surface area contributed by atoms with Crippen molar-refractivity contribution in [3.63, 3.8) is 0 Å². The number of methoxy groups -OCH3 is 1. The largest absolute Gasteiger partial charge is 0.481 e. The summed E-state index contributed by atoms with van der Waals surface area (Å²) in [6.07, 6.45) is 1.19. The minimum absolute atomic E-state index is 0.00815. The first kappa shape index (κ1) is 14.4. The zero-order valence-electron chi connectivity index (χ0n) is 10.4. The van der Waals surface area contributed by atoms with Gasteiger partial charge in [0, 0.05) is 13.0 Å². The fourth-order valence-corrected chi connectivity index (χ4v) is 2.15. The van der Waals surface area contributed by atoms with E-state index in [9.17, 15) is 14.4 Å². The molecule has 1 N–H and O–H groups in total. The molecule has 1 fully saturated rings. The number of nitrogens with zero attached hydrogens (tertiary/aromatic N) is 3. The molecule has 1 amide bonds. The summed E-state index contributed by atoms with van der Waals surface area (Å²) in [6, 6.07) is 0. The zero-order chi connectivity index (χ0) is 14.9. The third kappa shape index (κ3) is 2.62. The Balaban J connectivity index is 2.40. The van der Waals surface area contributed by atoms with Gasteiger partial charge in [0.15, 0.2) is 11.5 Å². The number of halogens is 1. The van der Waals surface area contributed by atoms with Crippen LogP contribution in [0.25, 0.3) is 0 Å². The standard InChI is InChI=1S/C11H10BrN3O5/c1-20-11(19)8-9(13-3-6(12)14-8)15-4-5(10(17)18)2-7(15)16/h3,5H,2,4H2,1H3,(H,17,18). The third-order valence-electron chi connectivity index (χ3n) is 2.83. The molecule has 9 heteroatoms. The predicted octanol–water partition coefficient (Wildman–Crippen LogP) is 0.463. The van der Waals surface area contributed by atoms with Crippen LogP contribution in [0.15, 0.2) is 10.8 Å². The molecular weight excluding hydrogens is 334 g/mol. The number of aromatic nitrogens is 2. The van der Waals surface area contributed by atoms with Gasteiger partial charge in [0.25, 0.3) is 0 Å². The highest BCUT2D eigenvalue weighted by Crippen LogP contribution is 2.27. The SMILES string of the molecule is COC(=O)c1nc(Br)cnc1N1CC(C(=O)O)CC1=O. The number of rotatable bonds is 3. The molecular formula is C11H10BrN3O5. The summed E-state index contributed by atoms with van der Waals surface area (Å²) in [4.78, 5) is 43.5. The molecule has 106 valence electrons. The number of esters is 1. The molecule has 1 aliphatic rings. The highest BCUT2D eigenvalue weighted by molar-refractivity contribution is 9.10. The number of anilines is 1. The van der Waals surface area contributed by atoms with Gasteiger partial charge in [-0.25, -0.2) is 14.8 Å². The normalized spacial score (nSPS) is 18.2. The lowest BCUT2D eigenvalue weighted by molar-refractivity contribution is -0.141. The number of carboxylic acids is 1. The quantitative estimate of drug-likeness (QED) is 0.794. The Morgan fingerprint density at radius 3 is 2.80 bits per heavy atom. The smallest absolute Gasteiger partial charge is 0.360 e. The van der Waals surface area contributed by atoms with Crippen LogP contribution in [0.1, 0.15) is 16.9 Å². The van der Waals surface area contributed by atoms with Gasteiger partial charge in [0.05, 0.1) is 19.2 Å². The van der Waals surface area contributed by atoms with Gasteiger partial charge in [-0.1, -0.05) is 0 Å². The molecule has 2 heterocycles. The summed E-state index contributed by atoms with van der Waals surface area (Å²) in [5.41, 5.74) is -0.138. The first-order chi connectivity index (χ1) is 9.43. The van der Waals surface area contributed by atoms with Crippen LogP contribution in [0.5, 0.6) is 0 Å². The second kappa shape index (κ2) is 5.53. The lowest BCUT2D eigenvalue weighted by Crippen LogP contribution is -2.29. The maximum atomic E-state index is 11.9. The lowest BCUT2D eigenvalue weighted by Gasteiger charge is -2.16. The van der Waals surface area contributed by atoms with Gasteiger partial charge in [0.1, 0.15) is 4.60 Å². The average Bonchev–Trinajstić information content (AvgIpc) is 2.80. The van der Waals surface area contributed by atoms with E-state index < -0.39 is 23.8 Å². The number of hydrogen-bond acceptors (Lipinski definition) is 6. The maximum Gasteiger partial charge on any atom is 0.360 e. The first-order valence-corrected chi connectivity index (χ1v) is 6.37. The molecule has 0 aromatic carbocycles. The van der Waals surface area contributed by atoms with E-state index in [4.69, 9.17) is 5.11 Å². The highest BCUT2D eigenvalue weighted by atomic mass is 79.9. The summed E-state index contributed by atoms with van der Waals surface area (Å²) in [5.74, 6) is -3.04. The molecule has 1 aromatic heterocycles. The number of ether oxygens (including phenoxy) is 1. The number of amides is 1. The van der Waals surface area contributed by atoms with Gasteiger partial charge >= 0.3 is 11.9 Å². The van der Waals surface area contributed by atoms with Crippen LogP contribution >= 0.6 is 15.9 Å². The van der Waals surface area contributed by atoms with Crippen LogP contribution in [0, 0.1) is 5.92 Å². The molecule has 0 saturated carbocycles. The monoisotopic (exact) mass is 343 g/mol. The summed E-state index contributed by atoms with van der Waals surface area (Å²) in [6.45, 7) is -0.0471. The van der Waals surface area contributed by atoms with Crippen LogP contribution < -0.4 is 4.90 Å². The number of carbonyl (C=O) groups excluding carboxylic acids is 2. The third-order valence-corrected chi connectivity index (χ3v) is 3.21. The van der Waals surface area contributed by atoms with Crippen molar-refractivity contribution in [2.45, 2.75) is 6.42 Å². The van der Waals surface area contributed by atoms with Crippen molar-refractivity contribution in [2.24, 2.45) is 5.92 Å². The van der Waals surface area contributed by atoms with Gasteiger partial charge in [-0.05, 0) is 15.9 Å². The van der Waals surface area contributed by atoms with E-state index in [-0.39, 0.29) is 24.5 Å². The van der Waals surface area contributed by atoms with Crippen molar-refractivity contribution in [1.82, 2.24) is 9.97 Å². The summed E-state index contributed by atoms with van der Waals surface area (Å²) in [5, 5.41) is 8.95. The average molecular weight is 344 g/mol. The highest BCUT2D eigenvalue weighted by Gasteiger charge is 2.38. The van der Waals surface area contributed by atoms with E-state index in [1.165, 1.54) is 13.3 Å². The van der Waals surface area contributed by atoms with Crippen molar-refractivity contribution in [2.75, 3.05) is 18.6 Å². The Morgan fingerprint density at radius 2 is 2.25 bits per heavy atom. The lowest BCUT2D eigenvalue weighted by atomic mass is 10.1. The van der Waals surface area contributed by atoms with Gasteiger partial charge in [0.2, 0.25) is 5.91 Å². The molecule has 0 aliphatic carbocycles. The minimum atomic E-state index is -1.06. The molecule has 8 nitrogen and oxygen atoms in total. The van der Waals surface area contributed by atoms with Crippen molar-refractivity contribution < 1.29 is 24.2 Å². The molecule has 2 rings (SSSR count). The molecule has 1 atom stereocenters. The van der Waals surface area contributed by atoms with Crippen LogP contribution in [0.2, 0.25) is 0 Å². The van der Waals surface area contributed by atoms with Gasteiger partial charge in [-0.3, -0.25) is 14.5 Å². The summed E-state index contributed by atoms with van der Waals surface area (Å²) < 4.78 is 4.89. The Hall–Kier alpha value is -2.03. The molecule has 1 aromatic rings. The van der Waals surface area contributed by atoms with E-state index in [2.05, 4.69) is 30.6 Å². The summed E-state index contributed by atoms with van der Waals surface area (Å²) in [7, 11) is 1.18. The molecule has 0 bridgehead atoms. The Morgan fingerprint density at radius 1 is 1.55 bits per heavy atom. The second-order valence-corrected chi connectivity index (χ2v) is 4.91. The Bertz CT molecular complexity index is 591. The van der Waals surface area contributed by atoms with Gasteiger partial charge in [-0.15, -0.1) is 0 Å². The molecule has 0 spiro atoms. The fraction of sp³-hybridized carbons (Fsp3) is 0.364. The topological polar surface area (TPSA) is 110 Å². The van der Waals surface area contributed by atoms with Crippen LogP contribution in [-0.2, 0) is 14.3 Å². The van der Waals surface area contributed by atoms with Crippen LogP contribution in [0.3, 0.4) is 0 Å². The predicted molar refractivity (Wildman–Crippen MR) is 69.2 cm³/mol. The minimum Gasteiger partial charge on any atom is -0.481 e. The Labute approximate surface area is 121 Å². The number of aliphatic carboxylic acids is 1. The van der Waals surface area contributed by atoms with E-state index in [1.54, 1.807) is 0 Å². The number of hydrogen-bond donors (Lipinski definition) is 1. The van der Waals surface area contributed by atoms with Crippen molar-refractivity contribution >= 4 is 39.6 Å². The Kier molecular flexibility index (Phi) is 3.98. The van der Waals surface area contributed by atoms with Crippen LogP contribution in [0.4, 0.5) is 5.82 Å². The molecule has 1 saturated heterocycles. The molecule has 0 radical (unpaired) electrons. The van der Waals surface area contributed by atoms with Crippen molar-refractivity contribution in [3.05, 3.63) is 16.5 Å². The molecule has 20 heavy (non-hydrogen) atoms. The maximum absolute atomic E-state index is 11.9. The second-order valence-electron chi connectivity index (χ2n) is 4.10. The molecule has 1 aliphatic heterocycles. The summed E-state index contributed by atoms with van der Waals surface area (Å²) >= 11 is 3.07. The number of carboxylic acid groups (broad SMARTS) is 1. The molecule has 1 unspecified atom stereocenters. The number of carbonyl (C=O) groups is 3. The zero-order valence-corrected chi connectivity index (χ0v) is 12.0. The van der Waals surface area contributed by atoms with E-state index in [0.29, 0.717) is 4.60 Å². The van der Waals surface area contributed by atoms with Gasteiger partial charge in [-0.2, -0.15) is 0 Å². The van der Waals surface area contributed by atoms with Crippen LogP contribution in [-0.4, -0.2) is 46.6 Å². The fourth-order valence-electron chi connectivity index (χ4n) is 1.87. The van der Waals surface area contributed by atoms with E-state index in [0.717, 1.165) is 4.90 Å². The first-order valence-electron chi connectivity index (χ1n) is 5.58. The van der Waals surface area contributed by atoms with E-state index in [1.807, 2.05) is 0 Å². The van der Waals surface area contributed by atoms with Crippen molar-refractivity contribution in [1.29, 1.82) is 0 Å². The van der Waals surface area contributed by atoms with Crippen molar-refractivity contribution in [3.8, 4) is 0 Å². The van der Waals surface area contributed by atoms with E-state index >= 15 is 0 Å².